The van der Waals surface area contributed by atoms with E-state index in [9.17, 15) is 0 Å². The van der Waals surface area contributed by atoms with Crippen molar-refractivity contribution in [2.24, 2.45) is 4.99 Å². The van der Waals surface area contributed by atoms with Gasteiger partial charge in [-0.3, -0.25) is 4.99 Å². The Balaban J connectivity index is 3.31. The summed E-state index contributed by atoms with van der Waals surface area (Å²) in [6, 6.07) is 0. The molecule has 0 bridgehead atoms. The van der Waals surface area contributed by atoms with Crippen LogP contribution in [0.3, 0.4) is 0 Å². The summed E-state index contributed by atoms with van der Waals surface area (Å²) in [6.07, 6.45) is 7.30. The normalized spacial score (nSPS) is 11.2. The molecule has 0 saturated carbocycles. The van der Waals surface area contributed by atoms with Crippen molar-refractivity contribution in [2.45, 2.75) is 26.7 Å². The quantitative estimate of drug-likeness (QED) is 0.659. The van der Waals surface area contributed by atoms with Crippen LogP contribution in [-0.4, -0.2) is 10.8 Å². The molecule has 0 fully saturated rings. The van der Waals surface area contributed by atoms with Gasteiger partial charge in [0.1, 0.15) is 0 Å². The molecule has 1 aromatic rings. The summed E-state index contributed by atoms with van der Waals surface area (Å²) in [5.41, 5.74) is 3.39. The van der Waals surface area contributed by atoms with Crippen LogP contribution in [-0.2, 0) is 0 Å². The van der Waals surface area contributed by atoms with E-state index < -0.39 is 0 Å². The average Bonchev–Trinajstić information content (AvgIpc) is 2.52. The first-order valence-corrected chi connectivity index (χ1v) is 5.10. The van der Waals surface area contributed by atoms with Crippen molar-refractivity contribution >= 4 is 18.1 Å². The molecule has 1 heterocycles. The van der Waals surface area contributed by atoms with Crippen molar-refractivity contribution in [1.82, 2.24) is 4.57 Å². The molecule has 2 nitrogen and oxygen atoms in total. The molecule has 1 aromatic heterocycles. The third-order valence-corrected chi connectivity index (χ3v) is 2.41. The van der Waals surface area contributed by atoms with Gasteiger partial charge in [-0.25, -0.2) is 0 Å². The molecule has 1 rings (SSSR count). The molecular weight excluding hydrogens is 184 g/mol. The Labute approximate surface area is 91.7 Å². The smallest absolute Gasteiger partial charge is 0.0873 e. The van der Waals surface area contributed by atoms with Crippen molar-refractivity contribution in [3.8, 4) is 0 Å². The van der Waals surface area contributed by atoms with Crippen molar-refractivity contribution in [3.05, 3.63) is 36.7 Å². The highest BCUT2D eigenvalue weighted by Crippen LogP contribution is 2.31. The Morgan fingerprint density at radius 1 is 1.40 bits per heavy atom. The molecule has 0 aromatic carbocycles. The minimum atomic E-state index is 0.460. The van der Waals surface area contributed by atoms with Gasteiger partial charge in [0.2, 0.25) is 0 Å². The number of rotatable bonds is 4. The summed E-state index contributed by atoms with van der Waals surface area (Å²) in [5.74, 6) is 0.460. The summed E-state index contributed by atoms with van der Waals surface area (Å²) >= 11 is 0. The topological polar surface area (TPSA) is 17.3 Å². The summed E-state index contributed by atoms with van der Waals surface area (Å²) in [5, 5.41) is 0. The van der Waals surface area contributed by atoms with E-state index in [4.69, 9.17) is 0 Å². The van der Waals surface area contributed by atoms with Gasteiger partial charge < -0.3 is 4.57 Å². The van der Waals surface area contributed by atoms with Crippen molar-refractivity contribution < 1.29 is 0 Å². The van der Waals surface area contributed by atoms with Crippen LogP contribution < -0.4 is 0 Å². The van der Waals surface area contributed by atoms with Gasteiger partial charge in [0.15, 0.2) is 0 Å². The van der Waals surface area contributed by atoms with Crippen LogP contribution in [0, 0.1) is 6.92 Å². The molecule has 15 heavy (non-hydrogen) atoms. The van der Waals surface area contributed by atoms with Crippen LogP contribution in [0.4, 0.5) is 5.69 Å². The van der Waals surface area contributed by atoms with Crippen molar-refractivity contribution in [2.75, 3.05) is 0 Å². The van der Waals surface area contributed by atoms with E-state index in [1.54, 1.807) is 18.5 Å². The molecule has 0 aliphatic heterocycles. The molecule has 0 aliphatic carbocycles. The average molecular weight is 202 g/mol. The molecule has 0 unspecified atom stereocenters. The first-order chi connectivity index (χ1) is 7.11. The van der Waals surface area contributed by atoms with Crippen LogP contribution >= 0.6 is 0 Å². The molecule has 0 atom stereocenters. The molecule has 0 radical (unpaired) electrons. The Morgan fingerprint density at radius 2 is 2.07 bits per heavy atom. The summed E-state index contributed by atoms with van der Waals surface area (Å²) < 4.78 is 2.01. The molecular formula is C13H18N2. The zero-order valence-corrected chi connectivity index (χ0v) is 9.70. The molecule has 0 N–H and O–H groups in total. The second-order valence-corrected chi connectivity index (χ2v) is 3.78. The minimum Gasteiger partial charge on any atom is -0.326 e. The minimum absolute atomic E-state index is 0.460. The lowest BCUT2D eigenvalue weighted by atomic mass is 10.1. The fraction of sp³-hybridized carbons (Fsp3) is 0.308. The molecule has 80 valence electrons. The molecule has 0 aliphatic rings. The third-order valence-electron chi connectivity index (χ3n) is 2.41. The van der Waals surface area contributed by atoms with Crippen molar-refractivity contribution in [3.63, 3.8) is 0 Å². The summed E-state index contributed by atoms with van der Waals surface area (Å²) in [7, 11) is 0. The van der Waals surface area contributed by atoms with E-state index in [1.807, 2.05) is 11.5 Å². The number of hydrogen-bond acceptors (Lipinski definition) is 1. The highest BCUT2D eigenvalue weighted by molar-refractivity contribution is 5.75. The van der Waals surface area contributed by atoms with E-state index in [0.29, 0.717) is 5.92 Å². The first-order valence-electron chi connectivity index (χ1n) is 5.10. The van der Waals surface area contributed by atoms with Gasteiger partial charge in [-0.05, 0) is 18.4 Å². The van der Waals surface area contributed by atoms with E-state index >= 15 is 0 Å². The van der Waals surface area contributed by atoms with Crippen molar-refractivity contribution in [1.29, 1.82) is 0 Å². The monoisotopic (exact) mass is 202 g/mol. The van der Waals surface area contributed by atoms with Crippen LogP contribution in [0.15, 0.2) is 30.4 Å². The molecule has 2 heteroatoms. The maximum absolute atomic E-state index is 4.40. The number of hydrogen-bond donors (Lipinski definition) is 0. The Hall–Kier alpha value is -1.57. The van der Waals surface area contributed by atoms with Crippen LogP contribution in [0.5, 0.6) is 0 Å². The third kappa shape index (κ3) is 2.27. The van der Waals surface area contributed by atoms with Gasteiger partial charge in [0.25, 0.3) is 0 Å². The Morgan fingerprint density at radius 3 is 2.53 bits per heavy atom. The van der Waals surface area contributed by atoms with Gasteiger partial charge in [-0.15, -0.1) is 0 Å². The van der Waals surface area contributed by atoms with Gasteiger partial charge in [-0.1, -0.05) is 33.1 Å². The highest BCUT2D eigenvalue weighted by atomic mass is 15.0. The second kappa shape index (κ2) is 4.78. The van der Waals surface area contributed by atoms with E-state index in [-0.39, 0.29) is 0 Å². The Kier molecular flexibility index (Phi) is 3.67. The number of allylic oxidation sites excluding steroid dienone is 1. The predicted octanol–water partition coefficient (Wildman–Crippen LogP) is 3.91. The van der Waals surface area contributed by atoms with Gasteiger partial charge in [-0.2, -0.15) is 0 Å². The number of aromatic nitrogens is 1. The van der Waals surface area contributed by atoms with Crippen LogP contribution in [0.1, 0.15) is 31.0 Å². The predicted molar refractivity (Wildman–Crippen MR) is 68.0 cm³/mol. The van der Waals surface area contributed by atoms with E-state index in [2.05, 4.69) is 38.2 Å². The molecule has 0 amide bonds. The van der Waals surface area contributed by atoms with Crippen LogP contribution in [0.2, 0.25) is 0 Å². The fourth-order valence-electron chi connectivity index (χ4n) is 1.55. The first kappa shape index (κ1) is 11.5. The van der Waals surface area contributed by atoms with E-state index in [0.717, 1.165) is 11.4 Å². The summed E-state index contributed by atoms with van der Waals surface area (Å²) in [4.78, 5) is 4.40. The summed E-state index contributed by atoms with van der Waals surface area (Å²) in [6.45, 7) is 13.8. The fourth-order valence-corrected chi connectivity index (χ4v) is 1.55. The highest BCUT2D eigenvalue weighted by Gasteiger charge is 2.12. The SMILES string of the molecule is C=CC=Nc1c(C(C)C)cn(C=C)c1C. The zero-order chi connectivity index (χ0) is 11.4. The Bertz CT molecular complexity index is 395. The maximum Gasteiger partial charge on any atom is 0.0873 e. The number of nitrogens with zero attached hydrogens (tertiary/aromatic N) is 2. The van der Waals surface area contributed by atoms with E-state index in [1.165, 1.54) is 5.56 Å². The van der Waals surface area contributed by atoms with Crippen LogP contribution in [0.25, 0.3) is 6.20 Å². The standard InChI is InChI=1S/C13H18N2/c1-6-8-14-13-11(5)15(7-2)9-12(13)10(3)4/h6-10H,1-2H2,3-5H3. The second-order valence-electron chi connectivity index (χ2n) is 3.78. The molecule has 0 spiro atoms. The lowest BCUT2D eigenvalue weighted by Crippen LogP contribution is -1.84. The lowest BCUT2D eigenvalue weighted by molar-refractivity contribution is 0.866. The zero-order valence-electron chi connectivity index (χ0n) is 9.70. The maximum atomic E-state index is 4.40. The van der Waals surface area contributed by atoms with Gasteiger partial charge >= 0.3 is 0 Å². The number of aliphatic imine (C=N–C) groups is 1. The van der Waals surface area contributed by atoms with Gasteiger partial charge in [0.05, 0.1) is 5.69 Å². The largest absolute Gasteiger partial charge is 0.326 e. The molecule has 0 saturated heterocycles. The lowest BCUT2D eigenvalue weighted by Gasteiger charge is -2.02. The van der Waals surface area contributed by atoms with Gasteiger partial charge in [0, 0.05) is 24.3 Å².